The molecule has 1 amide bonds. The average molecular weight is 401 g/mol. The van der Waals surface area contributed by atoms with E-state index in [9.17, 15) is 4.79 Å². The fraction of sp³-hybridized carbons (Fsp3) is 0.182. The second kappa shape index (κ2) is 7.47. The molecule has 0 radical (unpaired) electrons. The van der Waals surface area contributed by atoms with Crippen molar-refractivity contribution in [3.05, 3.63) is 65.2 Å². The monoisotopic (exact) mass is 401 g/mol. The van der Waals surface area contributed by atoms with Crippen LogP contribution in [-0.2, 0) is 13.0 Å². The van der Waals surface area contributed by atoms with Gasteiger partial charge < -0.3 is 20.3 Å². The number of fused-ring (bicyclic) bond motifs is 2. The molecule has 0 unspecified atom stereocenters. The summed E-state index contributed by atoms with van der Waals surface area (Å²) >= 11 is 0. The van der Waals surface area contributed by atoms with Crippen molar-refractivity contribution in [3.8, 4) is 17.5 Å². The van der Waals surface area contributed by atoms with Gasteiger partial charge in [0.1, 0.15) is 11.3 Å². The van der Waals surface area contributed by atoms with Gasteiger partial charge in [-0.2, -0.15) is 4.98 Å². The minimum atomic E-state index is -0.569. The first kappa shape index (κ1) is 18.1. The Bertz CT molecular complexity index is 1240. The zero-order valence-corrected chi connectivity index (χ0v) is 16.1. The first-order valence-corrected chi connectivity index (χ1v) is 9.71. The normalized spacial score (nSPS) is 12.9. The number of benzene rings is 2. The number of nitrogens with two attached hydrogens (primary N) is 1. The summed E-state index contributed by atoms with van der Waals surface area (Å²) in [5.74, 6) is 1.38. The zero-order valence-electron chi connectivity index (χ0n) is 16.1. The summed E-state index contributed by atoms with van der Waals surface area (Å²) in [5.41, 5.74) is 8.22. The lowest BCUT2D eigenvalue weighted by Crippen LogP contribution is -2.15. The summed E-state index contributed by atoms with van der Waals surface area (Å²) < 4.78 is 11.3. The van der Waals surface area contributed by atoms with Crippen LogP contribution in [0.5, 0.6) is 5.88 Å². The Kier molecular flexibility index (Phi) is 4.51. The van der Waals surface area contributed by atoms with Gasteiger partial charge in [-0.25, -0.2) is 4.98 Å². The van der Waals surface area contributed by atoms with Gasteiger partial charge in [-0.05, 0) is 30.5 Å². The number of hydrogen-bond acceptors (Lipinski definition) is 7. The third-order valence-electron chi connectivity index (χ3n) is 5.06. The Morgan fingerprint density at radius 1 is 1.10 bits per heavy atom. The third kappa shape index (κ3) is 3.22. The molecule has 30 heavy (non-hydrogen) atoms. The molecular formula is C22H19N5O3. The molecule has 0 aliphatic carbocycles. The van der Waals surface area contributed by atoms with Crippen molar-refractivity contribution in [2.75, 3.05) is 11.9 Å². The van der Waals surface area contributed by atoms with Crippen LogP contribution >= 0.6 is 0 Å². The van der Waals surface area contributed by atoms with E-state index in [1.165, 1.54) is 0 Å². The molecule has 0 saturated carbocycles. The minimum Gasteiger partial charge on any atom is -0.477 e. The molecule has 1 aliphatic rings. The van der Waals surface area contributed by atoms with Crippen molar-refractivity contribution in [1.82, 2.24) is 15.1 Å². The maximum Gasteiger partial charge on any atom is 0.251 e. The van der Waals surface area contributed by atoms with Gasteiger partial charge in [0.2, 0.25) is 17.5 Å². The smallest absolute Gasteiger partial charge is 0.251 e. The molecule has 0 atom stereocenters. The molecule has 8 heteroatoms. The standard InChI is InChI=1S/C22H19N5O3/c23-19(28)15-9-4-8-14-17(15)27-30-18(14)21-25-20(16-10-5-11-29-22(16)26-21)24-12-13-6-2-1-3-7-13/h1-4,6-9H,5,10-12H2,(H2,23,28)(H,24,25,26). The highest BCUT2D eigenvalue weighted by Crippen LogP contribution is 2.34. The molecule has 5 rings (SSSR count). The number of primary amides is 1. The van der Waals surface area contributed by atoms with E-state index >= 15 is 0 Å². The van der Waals surface area contributed by atoms with Gasteiger partial charge in [-0.1, -0.05) is 41.6 Å². The lowest BCUT2D eigenvalue weighted by molar-refractivity contribution is 0.100. The third-order valence-corrected chi connectivity index (χ3v) is 5.06. The highest BCUT2D eigenvalue weighted by Gasteiger charge is 2.24. The van der Waals surface area contributed by atoms with Crippen molar-refractivity contribution < 1.29 is 14.1 Å². The molecule has 1 aliphatic heterocycles. The van der Waals surface area contributed by atoms with E-state index < -0.39 is 5.91 Å². The van der Waals surface area contributed by atoms with E-state index in [2.05, 4.69) is 15.5 Å². The lowest BCUT2D eigenvalue weighted by Gasteiger charge is -2.20. The molecule has 3 N–H and O–H groups in total. The molecule has 3 heterocycles. The molecule has 2 aromatic carbocycles. The first-order chi connectivity index (χ1) is 14.7. The molecule has 0 spiro atoms. The highest BCUT2D eigenvalue weighted by molar-refractivity contribution is 6.07. The number of ether oxygens (including phenoxy) is 1. The Balaban J connectivity index is 1.58. The van der Waals surface area contributed by atoms with E-state index in [1.54, 1.807) is 18.2 Å². The second-order valence-electron chi connectivity index (χ2n) is 7.05. The summed E-state index contributed by atoms with van der Waals surface area (Å²) in [6, 6.07) is 15.2. The summed E-state index contributed by atoms with van der Waals surface area (Å²) in [6.45, 7) is 1.22. The number of nitrogens with one attached hydrogen (secondary N) is 1. The van der Waals surface area contributed by atoms with Gasteiger partial charge in [0, 0.05) is 6.54 Å². The predicted molar refractivity (Wildman–Crippen MR) is 111 cm³/mol. The molecule has 8 nitrogen and oxygen atoms in total. The molecule has 150 valence electrons. The van der Waals surface area contributed by atoms with Crippen molar-refractivity contribution in [2.24, 2.45) is 5.73 Å². The van der Waals surface area contributed by atoms with Gasteiger partial charge in [0.15, 0.2) is 0 Å². The number of aromatic nitrogens is 3. The van der Waals surface area contributed by atoms with Crippen LogP contribution in [0.1, 0.15) is 27.9 Å². The predicted octanol–water partition coefficient (Wildman–Crippen LogP) is 3.32. The fourth-order valence-electron chi connectivity index (χ4n) is 3.58. The van der Waals surface area contributed by atoms with Crippen molar-refractivity contribution in [3.63, 3.8) is 0 Å². The largest absolute Gasteiger partial charge is 0.477 e. The molecule has 2 aromatic heterocycles. The van der Waals surface area contributed by atoms with Crippen LogP contribution in [0.25, 0.3) is 22.5 Å². The zero-order chi connectivity index (χ0) is 20.5. The number of hydrogen-bond donors (Lipinski definition) is 2. The quantitative estimate of drug-likeness (QED) is 0.527. The Morgan fingerprint density at radius 2 is 1.97 bits per heavy atom. The first-order valence-electron chi connectivity index (χ1n) is 9.71. The summed E-state index contributed by atoms with van der Waals surface area (Å²) in [5, 5.41) is 8.06. The van der Waals surface area contributed by atoms with Gasteiger partial charge >= 0.3 is 0 Å². The van der Waals surface area contributed by atoms with Crippen LogP contribution in [-0.4, -0.2) is 27.6 Å². The van der Waals surface area contributed by atoms with E-state index in [4.69, 9.17) is 20.0 Å². The SMILES string of the molecule is NC(=O)c1cccc2c(-c3nc(NCc4ccccc4)c4c(n3)OCCC4)onc12. The molecular weight excluding hydrogens is 382 g/mol. The summed E-state index contributed by atoms with van der Waals surface area (Å²) in [6.07, 6.45) is 1.73. The Morgan fingerprint density at radius 3 is 2.80 bits per heavy atom. The highest BCUT2D eigenvalue weighted by atomic mass is 16.5. The van der Waals surface area contributed by atoms with Crippen molar-refractivity contribution in [2.45, 2.75) is 19.4 Å². The summed E-state index contributed by atoms with van der Waals surface area (Å²) in [7, 11) is 0. The van der Waals surface area contributed by atoms with Crippen molar-refractivity contribution in [1.29, 1.82) is 0 Å². The van der Waals surface area contributed by atoms with Crippen LogP contribution in [0.2, 0.25) is 0 Å². The van der Waals surface area contributed by atoms with Gasteiger partial charge in [0.25, 0.3) is 5.91 Å². The number of nitrogens with zero attached hydrogens (tertiary/aromatic N) is 3. The van der Waals surface area contributed by atoms with E-state index in [-0.39, 0.29) is 0 Å². The van der Waals surface area contributed by atoms with Gasteiger partial charge in [0.05, 0.1) is 23.1 Å². The Hall–Kier alpha value is -3.94. The number of rotatable bonds is 5. The van der Waals surface area contributed by atoms with Crippen LogP contribution < -0.4 is 15.8 Å². The molecule has 0 fully saturated rings. The second-order valence-corrected chi connectivity index (χ2v) is 7.05. The van der Waals surface area contributed by atoms with E-state index in [0.717, 1.165) is 24.0 Å². The van der Waals surface area contributed by atoms with E-state index in [1.807, 2.05) is 30.3 Å². The van der Waals surface area contributed by atoms with Crippen LogP contribution in [0.15, 0.2) is 53.1 Å². The molecule has 0 saturated heterocycles. The molecule has 4 aromatic rings. The average Bonchev–Trinajstić information content (AvgIpc) is 3.22. The van der Waals surface area contributed by atoms with Gasteiger partial charge in [-0.3, -0.25) is 4.79 Å². The van der Waals surface area contributed by atoms with Crippen molar-refractivity contribution >= 4 is 22.6 Å². The van der Waals surface area contributed by atoms with Gasteiger partial charge in [-0.15, -0.1) is 0 Å². The van der Waals surface area contributed by atoms with Crippen LogP contribution in [0.4, 0.5) is 5.82 Å². The van der Waals surface area contributed by atoms with Crippen LogP contribution in [0.3, 0.4) is 0 Å². The maximum absolute atomic E-state index is 11.7. The topological polar surface area (TPSA) is 116 Å². The van der Waals surface area contributed by atoms with Crippen LogP contribution in [0, 0.1) is 0 Å². The lowest BCUT2D eigenvalue weighted by atomic mass is 10.1. The molecule has 0 bridgehead atoms. The number of amides is 1. The number of anilines is 1. The maximum atomic E-state index is 11.7. The fourth-order valence-corrected chi connectivity index (χ4v) is 3.58. The van der Waals surface area contributed by atoms with E-state index in [0.29, 0.717) is 52.9 Å². The summed E-state index contributed by atoms with van der Waals surface area (Å²) in [4.78, 5) is 21.0. The Labute approximate surface area is 172 Å². The number of carbonyl (C=O) groups excluding carboxylic acids is 1. The number of carbonyl (C=O) groups is 1. The minimum absolute atomic E-state index is 0.291.